The van der Waals surface area contributed by atoms with Gasteiger partial charge < -0.3 is 5.32 Å². The second-order valence-corrected chi connectivity index (χ2v) is 10.7. The molecule has 0 fully saturated rings. The SMILES string of the molecule is CC(=Nc1ccccc1C(C)C)C(C(C)=Nc1ccccc1C(C)C)=C(C)Nc1ccccc1C(C)C. The fraction of sp³-hybridized carbons (Fsp3) is 0.353. The Bertz CT molecular complexity index is 1240. The molecule has 0 saturated carbocycles. The second kappa shape index (κ2) is 12.7. The molecule has 0 aliphatic carbocycles. The van der Waals surface area contributed by atoms with Crippen LogP contribution in [0.4, 0.5) is 17.1 Å². The zero-order valence-corrected chi connectivity index (χ0v) is 24.1. The molecule has 3 aromatic rings. The van der Waals surface area contributed by atoms with Crippen molar-refractivity contribution >= 4 is 28.5 Å². The zero-order valence-electron chi connectivity index (χ0n) is 24.1. The van der Waals surface area contributed by atoms with Gasteiger partial charge >= 0.3 is 0 Å². The molecule has 0 unspecified atom stereocenters. The van der Waals surface area contributed by atoms with E-state index in [1.165, 1.54) is 16.7 Å². The molecule has 3 heteroatoms. The van der Waals surface area contributed by atoms with E-state index in [1.807, 2.05) is 0 Å². The number of aliphatic imine (C=N–C) groups is 2. The van der Waals surface area contributed by atoms with Gasteiger partial charge in [-0.2, -0.15) is 0 Å². The van der Waals surface area contributed by atoms with Crippen molar-refractivity contribution in [3.05, 3.63) is 101 Å². The smallest absolute Gasteiger partial charge is 0.0667 e. The summed E-state index contributed by atoms with van der Waals surface area (Å²) >= 11 is 0. The van der Waals surface area contributed by atoms with Gasteiger partial charge in [0.2, 0.25) is 0 Å². The van der Waals surface area contributed by atoms with Crippen molar-refractivity contribution in [2.24, 2.45) is 9.98 Å². The summed E-state index contributed by atoms with van der Waals surface area (Å²) in [5.74, 6) is 1.20. The lowest BCUT2D eigenvalue weighted by atomic mass is 9.98. The Morgan fingerprint density at radius 3 is 1.35 bits per heavy atom. The van der Waals surface area contributed by atoms with Gasteiger partial charge in [-0.15, -0.1) is 0 Å². The van der Waals surface area contributed by atoms with E-state index in [0.717, 1.165) is 39.8 Å². The first-order chi connectivity index (χ1) is 17.6. The van der Waals surface area contributed by atoms with E-state index in [2.05, 4.69) is 140 Å². The van der Waals surface area contributed by atoms with Gasteiger partial charge in [-0.05, 0) is 73.4 Å². The van der Waals surface area contributed by atoms with Crippen molar-refractivity contribution in [1.29, 1.82) is 0 Å². The van der Waals surface area contributed by atoms with Crippen LogP contribution >= 0.6 is 0 Å². The third-order valence-electron chi connectivity index (χ3n) is 6.70. The Labute approximate surface area is 224 Å². The Balaban J connectivity index is 2.19. The monoisotopic (exact) mass is 493 g/mol. The summed E-state index contributed by atoms with van der Waals surface area (Å²) in [5, 5.41) is 3.72. The van der Waals surface area contributed by atoms with Crippen LogP contribution < -0.4 is 5.32 Å². The largest absolute Gasteiger partial charge is 0.358 e. The maximum atomic E-state index is 5.16. The number of nitrogens with zero attached hydrogens (tertiary/aromatic N) is 2. The zero-order chi connectivity index (χ0) is 27.1. The highest BCUT2D eigenvalue weighted by molar-refractivity contribution is 6.24. The molecule has 0 radical (unpaired) electrons. The number of hydrogen-bond donors (Lipinski definition) is 1. The molecule has 3 aromatic carbocycles. The highest BCUT2D eigenvalue weighted by Crippen LogP contribution is 2.31. The first kappa shape index (κ1) is 28.1. The molecular formula is C34H43N3. The summed E-state index contributed by atoms with van der Waals surface area (Å²) in [4.78, 5) is 10.3. The van der Waals surface area contributed by atoms with Crippen LogP contribution in [0.3, 0.4) is 0 Å². The van der Waals surface area contributed by atoms with E-state index in [9.17, 15) is 0 Å². The van der Waals surface area contributed by atoms with Gasteiger partial charge in [-0.1, -0.05) is 96.1 Å². The molecular weight excluding hydrogens is 450 g/mol. The molecule has 0 bridgehead atoms. The summed E-state index contributed by atoms with van der Waals surface area (Å²) in [7, 11) is 0. The van der Waals surface area contributed by atoms with Crippen LogP contribution in [0.2, 0.25) is 0 Å². The number of hydrogen-bond acceptors (Lipinski definition) is 3. The quantitative estimate of drug-likeness (QED) is 0.296. The average Bonchev–Trinajstić information content (AvgIpc) is 2.84. The fourth-order valence-corrected chi connectivity index (χ4v) is 4.81. The molecule has 0 aromatic heterocycles. The summed E-state index contributed by atoms with van der Waals surface area (Å²) < 4.78 is 0. The standard InChI is InChI=1S/C34H43N3/c1-22(2)28-16-10-13-19-31(28)35-25(7)34(26(8)36-32-20-14-11-17-29(32)23(3)4)27(9)37-33-21-15-12-18-30(33)24(5)6/h10-24,35H,1-9H3. The Kier molecular flexibility index (Phi) is 9.63. The number of para-hydroxylation sites is 3. The van der Waals surface area contributed by atoms with Gasteiger partial charge in [0, 0.05) is 28.4 Å². The second-order valence-electron chi connectivity index (χ2n) is 10.7. The van der Waals surface area contributed by atoms with Gasteiger partial charge in [0.25, 0.3) is 0 Å². The van der Waals surface area contributed by atoms with Gasteiger partial charge in [-0.3, -0.25) is 9.98 Å². The molecule has 3 rings (SSSR count). The average molecular weight is 494 g/mol. The van der Waals surface area contributed by atoms with Crippen LogP contribution in [0.1, 0.15) is 96.8 Å². The Morgan fingerprint density at radius 2 is 0.919 bits per heavy atom. The topological polar surface area (TPSA) is 36.8 Å². The fourth-order valence-electron chi connectivity index (χ4n) is 4.81. The van der Waals surface area contributed by atoms with Gasteiger partial charge in [0.15, 0.2) is 0 Å². The summed E-state index contributed by atoms with van der Waals surface area (Å²) in [6, 6.07) is 25.4. The highest BCUT2D eigenvalue weighted by Gasteiger charge is 2.16. The number of anilines is 1. The third kappa shape index (κ3) is 7.07. The molecule has 0 saturated heterocycles. The first-order valence-corrected chi connectivity index (χ1v) is 13.5. The summed E-state index contributed by atoms with van der Waals surface area (Å²) in [6.45, 7) is 19.6. The predicted molar refractivity (Wildman–Crippen MR) is 163 cm³/mol. The van der Waals surface area contributed by atoms with E-state index in [0.29, 0.717) is 17.8 Å². The Hall–Kier alpha value is -3.46. The molecule has 37 heavy (non-hydrogen) atoms. The van der Waals surface area contributed by atoms with E-state index in [4.69, 9.17) is 9.98 Å². The number of allylic oxidation sites excluding steroid dienone is 2. The first-order valence-electron chi connectivity index (χ1n) is 13.5. The summed E-state index contributed by atoms with van der Waals surface area (Å²) in [5.41, 5.74) is 10.9. The Morgan fingerprint density at radius 1 is 0.541 bits per heavy atom. The van der Waals surface area contributed by atoms with Crippen molar-refractivity contribution in [3.63, 3.8) is 0 Å². The van der Waals surface area contributed by atoms with Gasteiger partial charge in [0.05, 0.1) is 11.4 Å². The van der Waals surface area contributed by atoms with Crippen molar-refractivity contribution in [3.8, 4) is 0 Å². The van der Waals surface area contributed by atoms with Crippen LogP contribution in [0.5, 0.6) is 0 Å². The number of benzene rings is 3. The molecule has 0 aliphatic heterocycles. The minimum absolute atomic E-state index is 0.394. The van der Waals surface area contributed by atoms with Gasteiger partial charge in [-0.25, -0.2) is 0 Å². The molecule has 0 spiro atoms. The van der Waals surface area contributed by atoms with E-state index in [-0.39, 0.29) is 0 Å². The molecule has 194 valence electrons. The normalized spacial score (nSPS) is 12.4. The molecule has 3 nitrogen and oxygen atoms in total. The predicted octanol–water partition coefficient (Wildman–Crippen LogP) is 10.3. The van der Waals surface area contributed by atoms with Crippen LogP contribution in [0, 0.1) is 0 Å². The van der Waals surface area contributed by atoms with E-state index < -0.39 is 0 Å². The molecule has 0 atom stereocenters. The van der Waals surface area contributed by atoms with Crippen molar-refractivity contribution < 1.29 is 0 Å². The maximum Gasteiger partial charge on any atom is 0.0667 e. The van der Waals surface area contributed by atoms with Crippen molar-refractivity contribution in [1.82, 2.24) is 0 Å². The van der Waals surface area contributed by atoms with Crippen LogP contribution in [-0.2, 0) is 0 Å². The third-order valence-corrected chi connectivity index (χ3v) is 6.70. The number of rotatable bonds is 9. The number of nitrogens with one attached hydrogen (secondary N) is 1. The lowest BCUT2D eigenvalue weighted by molar-refractivity contribution is 0.867. The van der Waals surface area contributed by atoms with Crippen LogP contribution in [-0.4, -0.2) is 11.4 Å². The van der Waals surface area contributed by atoms with Gasteiger partial charge in [0.1, 0.15) is 0 Å². The minimum atomic E-state index is 0.394. The van der Waals surface area contributed by atoms with E-state index in [1.54, 1.807) is 0 Å². The maximum absolute atomic E-state index is 5.16. The minimum Gasteiger partial charge on any atom is -0.358 e. The van der Waals surface area contributed by atoms with Crippen molar-refractivity contribution in [2.45, 2.75) is 80.1 Å². The van der Waals surface area contributed by atoms with Crippen LogP contribution in [0.25, 0.3) is 0 Å². The molecule has 0 amide bonds. The lowest BCUT2D eigenvalue weighted by Crippen LogP contribution is -2.15. The summed E-state index contributed by atoms with van der Waals surface area (Å²) in [6.07, 6.45) is 0. The van der Waals surface area contributed by atoms with Crippen LogP contribution in [0.15, 0.2) is 94.1 Å². The van der Waals surface area contributed by atoms with E-state index >= 15 is 0 Å². The molecule has 0 heterocycles. The van der Waals surface area contributed by atoms with Crippen molar-refractivity contribution in [2.75, 3.05) is 5.32 Å². The lowest BCUT2D eigenvalue weighted by Gasteiger charge is -2.19. The molecule has 1 N–H and O–H groups in total. The highest BCUT2D eigenvalue weighted by atomic mass is 14.9. The molecule has 0 aliphatic rings.